The van der Waals surface area contributed by atoms with Crippen LogP contribution in [0, 0.1) is 12.7 Å². The summed E-state index contributed by atoms with van der Waals surface area (Å²) < 4.78 is 20.3. The Kier molecular flexibility index (Phi) is 4.18. The summed E-state index contributed by atoms with van der Waals surface area (Å²) in [6.45, 7) is 2.57. The van der Waals surface area contributed by atoms with Crippen LogP contribution in [0.1, 0.15) is 11.3 Å². The second-order valence-electron chi connectivity index (χ2n) is 5.01. The van der Waals surface area contributed by atoms with E-state index in [2.05, 4.69) is 20.4 Å². The number of rotatable bonds is 5. The number of nitrogens with one attached hydrogen (secondary N) is 1. The molecule has 3 aromatic rings. The lowest BCUT2D eigenvalue weighted by atomic mass is 10.2. The van der Waals surface area contributed by atoms with E-state index in [-0.39, 0.29) is 5.82 Å². The molecule has 23 heavy (non-hydrogen) atoms. The molecule has 0 bridgehead atoms. The van der Waals surface area contributed by atoms with Crippen LogP contribution >= 0.6 is 0 Å². The monoisotopic (exact) mass is 313 g/mol. The van der Waals surface area contributed by atoms with Gasteiger partial charge in [-0.05, 0) is 31.2 Å². The molecule has 0 aliphatic carbocycles. The summed E-state index contributed by atoms with van der Waals surface area (Å²) in [5.41, 5.74) is 2.15. The summed E-state index contributed by atoms with van der Waals surface area (Å²) in [7, 11) is 1.90. The molecule has 0 saturated heterocycles. The molecule has 2 aromatic heterocycles. The van der Waals surface area contributed by atoms with Gasteiger partial charge in [0.05, 0.1) is 6.20 Å². The first-order valence-electron chi connectivity index (χ1n) is 7.09. The number of anilines is 1. The molecule has 118 valence electrons. The maximum atomic E-state index is 12.9. The van der Waals surface area contributed by atoms with E-state index >= 15 is 0 Å². The molecule has 0 unspecified atom stereocenters. The molecule has 1 aromatic carbocycles. The summed E-state index contributed by atoms with van der Waals surface area (Å²) in [4.78, 5) is 8.43. The van der Waals surface area contributed by atoms with Crippen LogP contribution in [-0.2, 0) is 13.6 Å². The lowest BCUT2D eigenvalue weighted by Crippen LogP contribution is -2.05. The van der Waals surface area contributed by atoms with Crippen molar-refractivity contribution in [1.82, 2.24) is 19.7 Å². The minimum Gasteiger partial charge on any atom is -0.439 e. The lowest BCUT2D eigenvalue weighted by molar-refractivity contribution is 0.460. The van der Waals surface area contributed by atoms with Crippen molar-refractivity contribution >= 4 is 5.95 Å². The van der Waals surface area contributed by atoms with Gasteiger partial charge in [-0.25, -0.2) is 9.37 Å². The number of ether oxygens (including phenoxy) is 1. The molecular weight excluding hydrogens is 297 g/mol. The summed E-state index contributed by atoms with van der Waals surface area (Å²) >= 11 is 0. The molecule has 2 heterocycles. The Morgan fingerprint density at radius 3 is 2.70 bits per heavy atom. The minimum absolute atomic E-state index is 0.311. The number of hydrogen-bond donors (Lipinski definition) is 1. The number of hydrogen-bond acceptors (Lipinski definition) is 5. The van der Waals surface area contributed by atoms with Gasteiger partial charge in [-0.2, -0.15) is 10.1 Å². The maximum Gasteiger partial charge on any atom is 0.226 e. The summed E-state index contributed by atoms with van der Waals surface area (Å²) in [5, 5.41) is 7.32. The van der Waals surface area contributed by atoms with Gasteiger partial charge in [0.25, 0.3) is 0 Å². The molecule has 7 heteroatoms. The minimum atomic E-state index is -0.311. The molecule has 0 fully saturated rings. The van der Waals surface area contributed by atoms with Gasteiger partial charge in [-0.15, -0.1) is 0 Å². The van der Waals surface area contributed by atoms with Crippen molar-refractivity contribution in [1.29, 1.82) is 0 Å². The van der Waals surface area contributed by atoms with Crippen LogP contribution in [0.15, 0.2) is 42.7 Å². The van der Waals surface area contributed by atoms with Crippen LogP contribution in [0.4, 0.5) is 10.3 Å². The van der Waals surface area contributed by atoms with Gasteiger partial charge >= 0.3 is 0 Å². The fourth-order valence-corrected chi connectivity index (χ4v) is 2.00. The number of halogens is 1. The first-order valence-corrected chi connectivity index (χ1v) is 7.09. The topological polar surface area (TPSA) is 64.9 Å². The van der Waals surface area contributed by atoms with E-state index < -0.39 is 0 Å². The zero-order chi connectivity index (χ0) is 16.2. The predicted molar refractivity (Wildman–Crippen MR) is 83.8 cm³/mol. The number of aryl methyl sites for hydroxylation is 1. The normalized spacial score (nSPS) is 10.6. The van der Waals surface area contributed by atoms with Crippen molar-refractivity contribution in [3.05, 3.63) is 59.8 Å². The molecule has 6 nitrogen and oxygen atoms in total. The third-order valence-electron chi connectivity index (χ3n) is 3.44. The van der Waals surface area contributed by atoms with Crippen LogP contribution in [0.2, 0.25) is 0 Å². The van der Waals surface area contributed by atoms with Crippen molar-refractivity contribution in [2.45, 2.75) is 13.5 Å². The molecule has 0 amide bonds. The van der Waals surface area contributed by atoms with Gasteiger partial charge in [0.1, 0.15) is 11.6 Å². The Morgan fingerprint density at radius 1 is 1.22 bits per heavy atom. The van der Waals surface area contributed by atoms with Gasteiger partial charge in [-0.1, -0.05) is 0 Å². The van der Waals surface area contributed by atoms with E-state index in [1.54, 1.807) is 30.6 Å². The smallest absolute Gasteiger partial charge is 0.226 e. The molecule has 1 N–H and O–H groups in total. The van der Waals surface area contributed by atoms with E-state index in [0.29, 0.717) is 24.1 Å². The highest BCUT2D eigenvalue weighted by Gasteiger charge is 2.06. The Bertz CT molecular complexity index is 800. The highest BCUT2D eigenvalue weighted by atomic mass is 19.1. The molecule has 3 rings (SSSR count). The molecular formula is C16H16FN5O. The second kappa shape index (κ2) is 6.43. The highest BCUT2D eigenvalue weighted by Crippen LogP contribution is 2.20. The maximum absolute atomic E-state index is 12.9. The summed E-state index contributed by atoms with van der Waals surface area (Å²) in [6, 6.07) is 7.40. The zero-order valence-electron chi connectivity index (χ0n) is 12.8. The number of benzene rings is 1. The average molecular weight is 313 g/mol. The molecule has 0 spiro atoms. The molecule has 0 saturated carbocycles. The summed E-state index contributed by atoms with van der Waals surface area (Å²) in [6.07, 6.45) is 3.41. The zero-order valence-corrected chi connectivity index (χ0v) is 12.8. The summed E-state index contributed by atoms with van der Waals surface area (Å²) in [5.74, 6) is 1.04. The van der Waals surface area contributed by atoms with E-state index in [9.17, 15) is 4.39 Å². The predicted octanol–water partition coefficient (Wildman–Crippen LogP) is 3.06. The standard InChI is InChI=1S/C16H16FN5O/c1-11-12(10-20-22(11)2)9-19-16-18-8-7-15(21-16)23-14-5-3-13(17)4-6-14/h3-8,10H,9H2,1-2H3,(H,18,19,21). The van der Waals surface area contributed by atoms with Gasteiger partial charge in [-0.3, -0.25) is 4.68 Å². The van der Waals surface area contributed by atoms with Crippen molar-refractivity contribution in [3.63, 3.8) is 0 Å². The molecule has 0 atom stereocenters. The van der Waals surface area contributed by atoms with Crippen LogP contribution in [0.25, 0.3) is 0 Å². The third-order valence-corrected chi connectivity index (χ3v) is 3.44. The Hall–Kier alpha value is -2.96. The fraction of sp³-hybridized carbons (Fsp3) is 0.188. The fourth-order valence-electron chi connectivity index (χ4n) is 2.00. The van der Waals surface area contributed by atoms with Crippen LogP contribution in [0.3, 0.4) is 0 Å². The van der Waals surface area contributed by atoms with E-state index in [4.69, 9.17) is 4.74 Å². The lowest BCUT2D eigenvalue weighted by Gasteiger charge is -2.07. The number of nitrogens with zero attached hydrogens (tertiary/aromatic N) is 4. The first-order chi connectivity index (χ1) is 11.1. The van der Waals surface area contributed by atoms with Gasteiger partial charge in [0.15, 0.2) is 0 Å². The quantitative estimate of drug-likeness (QED) is 0.784. The third kappa shape index (κ3) is 3.63. The van der Waals surface area contributed by atoms with Gasteiger partial charge in [0.2, 0.25) is 11.8 Å². The van der Waals surface area contributed by atoms with Crippen LogP contribution in [-0.4, -0.2) is 19.7 Å². The van der Waals surface area contributed by atoms with Crippen molar-refractivity contribution in [2.75, 3.05) is 5.32 Å². The van der Waals surface area contributed by atoms with E-state index in [1.165, 1.54) is 12.1 Å². The average Bonchev–Trinajstić information content (AvgIpc) is 2.87. The molecule has 0 aliphatic rings. The van der Waals surface area contributed by atoms with Crippen molar-refractivity contribution in [3.8, 4) is 11.6 Å². The van der Waals surface area contributed by atoms with E-state index in [1.807, 2.05) is 18.7 Å². The Balaban J connectivity index is 1.67. The van der Waals surface area contributed by atoms with Crippen LogP contribution in [0.5, 0.6) is 11.6 Å². The Morgan fingerprint density at radius 2 is 2.00 bits per heavy atom. The Labute approximate surface area is 133 Å². The van der Waals surface area contributed by atoms with Gasteiger partial charge in [0, 0.05) is 37.1 Å². The SMILES string of the molecule is Cc1c(CNc2nccc(Oc3ccc(F)cc3)n2)cnn1C. The van der Waals surface area contributed by atoms with E-state index in [0.717, 1.165) is 11.3 Å². The largest absolute Gasteiger partial charge is 0.439 e. The second-order valence-corrected chi connectivity index (χ2v) is 5.01. The highest BCUT2D eigenvalue weighted by molar-refractivity contribution is 5.33. The molecule has 0 aliphatic heterocycles. The van der Waals surface area contributed by atoms with Crippen molar-refractivity contribution < 1.29 is 9.13 Å². The van der Waals surface area contributed by atoms with Gasteiger partial charge < -0.3 is 10.1 Å². The number of aromatic nitrogens is 4. The van der Waals surface area contributed by atoms with Crippen LogP contribution < -0.4 is 10.1 Å². The molecule has 0 radical (unpaired) electrons. The first kappa shape index (κ1) is 15.0. The van der Waals surface area contributed by atoms with Crippen molar-refractivity contribution in [2.24, 2.45) is 7.05 Å².